The number of carboxylic acids is 1. The summed E-state index contributed by atoms with van der Waals surface area (Å²) >= 11 is 0. The third-order valence-electron chi connectivity index (χ3n) is 2.41. The molecule has 0 aliphatic heterocycles. The summed E-state index contributed by atoms with van der Waals surface area (Å²) in [6, 6.07) is 14.6. The highest BCUT2D eigenvalue weighted by atomic mass is 16.7. The van der Waals surface area contributed by atoms with Gasteiger partial charge in [-0.1, -0.05) is 30.3 Å². The highest BCUT2D eigenvalue weighted by Gasteiger charge is 2.04. The highest BCUT2D eigenvalue weighted by molar-refractivity contribution is 5.89. The Morgan fingerprint density at radius 3 is 2.00 bits per heavy atom. The lowest BCUT2D eigenvalue weighted by molar-refractivity contribution is -0.271. The average Bonchev–Trinajstić information content (AvgIpc) is 2.48. The van der Waals surface area contributed by atoms with Crippen LogP contribution in [0.15, 0.2) is 54.6 Å². The first kappa shape index (κ1) is 18.0. The molecular formula is C17H16O6-2. The van der Waals surface area contributed by atoms with Crippen LogP contribution in [0.3, 0.4) is 0 Å². The first-order valence-corrected chi connectivity index (χ1v) is 6.81. The third-order valence-corrected chi connectivity index (χ3v) is 2.41. The van der Waals surface area contributed by atoms with Crippen LogP contribution in [0.25, 0.3) is 0 Å². The lowest BCUT2D eigenvalue weighted by Crippen LogP contribution is -2.26. The molecule has 2 aromatic rings. The summed E-state index contributed by atoms with van der Waals surface area (Å²) in [5.41, 5.74) is 0.0937. The molecule has 23 heavy (non-hydrogen) atoms. The second-order valence-corrected chi connectivity index (χ2v) is 4.62. The maximum absolute atomic E-state index is 10.6. The van der Waals surface area contributed by atoms with Gasteiger partial charge in [0, 0.05) is 5.56 Å². The fourth-order valence-electron chi connectivity index (χ4n) is 1.58. The van der Waals surface area contributed by atoms with E-state index in [0.29, 0.717) is 5.75 Å². The molecule has 0 saturated carbocycles. The van der Waals surface area contributed by atoms with Gasteiger partial charge in [0.25, 0.3) is 6.16 Å². The zero-order valence-electron chi connectivity index (χ0n) is 12.7. The fraction of sp³-hybridized carbons (Fsp3) is 0.176. The van der Waals surface area contributed by atoms with Crippen LogP contribution in [-0.2, 0) is 0 Å². The monoisotopic (exact) mass is 316 g/mol. The number of rotatable bonds is 4. The minimum Gasteiger partial charge on any atom is -0.545 e. The van der Waals surface area contributed by atoms with Gasteiger partial charge >= 0.3 is 0 Å². The van der Waals surface area contributed by atoms with Crippen molar-refractivity contribution < 1.29 is 29.3 Å². The summed E-state index contributed by atoms with van der Waals surface area (Å²) in [6.45, 7) is 3.68. The molecule has 0 radical (unpaired) electrons. The van der Waals surface area contributed by atoms with Gasteiger partial charge in [-0.05, 0) is 38.1 Å². The molecule has 2 aromatic carbocycles. The average molecular weight is 316 g/mol. The van der Waals surface area contributed by atoms with Crippen molar-refractivity contribution in [2.24, 2.45) is 0 Å². The number of hydrogen-bond acceptors (Lipinski definition) is 6. The smallest absolute Gasteiger partial charge is 0.257 e. The Morgan fingerprint density at radius 2 is 1.48 bits per heavy atom. The van der Waals surface area contributed by atoms with Gasteiger partial charge < -0.3 is 29.3 Å². The van der Waals surface area contributed by atoms with Gasteiger partial charge in [-0.25, -0.2) is 0 Å². The Morgan fingerprint density at radius 1 is 0.913 bits per heavy atom. The Hall–Kier alpha value is -3.02. The molecular weight excluding hydrogens is 300 g/mol. The van der Waals surface area contributed by atoms with Crippen LogP contribution in [0, 0.1) is 0 Å². The molecule has 6 nitrogen and oxygen atoms in total. The molecule has 0 atom stereocenters. The van der Waals surface area contributed by atoms with Crippen molar-refractivity contribution >= 4 is 12.1 Å². The summed E-state index contributed by atoms with van der Waals surface area (Å²) in [5, 5.41) is 20.4. The molecule has 0 saturated heterocycles. The SMILES string of the molecule is CC(C)Oc1ccccc1C(=O)[O-].O=C([O-])Oc1ccccc1. The molecule has 6 heteroatoms. The molecule has 0 unspecified atom stereocenters. The first-order valence-electron chi connectivity index (χ1n) is 6.81. The van der Waals surface area contributed by atoms with E-state index in [0.717, 1.165) is 0 Å². The second kappa shape index (κ2) is 9.09. The van der Waals surface area contributed by atoms with Gasteiger partial charge in [-0.2, -0.15) is 0 Å². The van der Waals surface area contributed by atoms with E-state index in [9.17, 15) is 19.8 Å². The molecule has 0 aliphatic rings. The summed E-state index contributed by atoms with van der Waals surface area (Å²) in [5.74, 6) is -0.573. The normalized spacial score (nSPS) is 9.52. The number of para-hydroxylation sites is 2. The van der Waals surface area contributed by atoms with Crippen LogP contribution >= 0.6 is 0 Å². The van der Waals surface area contributed by atoms with Crippen LogP contribution in [0.5, 0.6) is 11.5 Å². The topological polar surface area (TPSA) is 98.7 Å². The molecule has 0 spiro atoms. The van der Waals surface area contributed by atoms with E-state index < -0.39 is 12.1 Å². The molecule has 0 aromatic heterocycles. The van der Waals surface area contributed by atoms with Gasteiger partial charge in [-0.15, -0.1) is 0 Å². The fourth-order valence-corrected chi connectivity index (χ4v) is 1.58. The lowest BCUT2D eigenvalue weighted by atomic mass is 10.2. The maximum Gasteiger partial charge on any atom is 0.257 e. The quantitative estimate of drug-likeness (QED) is 0.622. The molecule has 122 valence electrons. The number of carbonyl (C=O) groups is 2. The maximum atomic E-state index is 10.6. The minimum absolute atomic E-state index is 0.0412. The summed E-state index contributed by atoms with van der Waals surface area (Å²) in [6.07, 6.45) is -1.58. The highest BCUT2D eigenvalue weighted by Crippen LogP contribution is 2.18. The van der Waals surface area contributed by atoms with Crippen molar-refractivity contribution in [1.29, 1.82) is 0 Å². The van der Waals surface area contributed by atoms with E-state index in [2.05, 4.69) is 4.74 Å². The Kier molecular flexibility index (Phi) is 7.13. The van der Waals surface area contributed by atoms with Crippen LogP contribution in [0.1, 0.15) is 24.2 Å². The van der Waals surface area contributed by atoms with Crippen LogP contribution in [0.4, 0.5) is 4.79 Å². The molecule has 0 bridgehead atoms. The predicted octanol–water partition coefficient (Wildman–Crippen LogP) is 1.25. The van der Waals surface area contributed by atoms with Gasteiger partial charge in [0.1, 0.15) is 5.75 Å². The van der Waals surface area contributed by atoms with E-state index in [1.165, 1.54) is 18.2 Å². The number of aromatic carboxylic acids is 1. The van der Waals surface area contributed by atoms with Crippen molar-refractivity contribution in [2.75, 3.05) is 0 Å². The number of hydrogen-bond donors (Lipinski definition) is 0. The van der Waals surface area contributed by atoms with Gasteiger partial charge in [-0.3, -0.25) is 0 Å². The molecule has 0 N–H and O–H groups in total. The van der Waals surface area contributed by atoms with Gasteiger partial charge in [0.05, 0.1) is 17.8 Å². The number of ether oxygens (including phenoxy) is 2. The minimum atomic E-state index is -1.54. The molecule has 0 aliphatic carbocycles. The van der Waals surface area contributed by atoms with Gasteiger partial charge in [0.2, 0.25) is 0 Å². The molecule has 0 fully saturated rings. The van der Waals surface area contributed by atoms with Crippen LogP contribution < -0.4 is 19.7 Å². The van der Waals surface area contributed by atoms with Crippen molar-refractivity contribution in [3.8, 4) is 11.5 Å². The molecule has 2 rings (SSSR count). The largest absolute Gasteiger partial charge is 0.545 e. The van der Waals surface area contributed by atoms with Crippen molar-refractivity contribution in [3.63, 3.8) is 0 Å². The van der Waals surface area contributed by atoms with Crippen molar-refractivity contribution in [3.05, 3.63) is 60.2 Å². The lowest BCUT2D eigenvalue weighted by Gasteiger charge is -2.14. The Balaban J connectivity index is 0.000000238. The molecule has 0 heterocycles. The predicted molar refractivity (Wildman–Crippen MR) is 79.0 cm³/mol. The van der Waals surface area contributed by atoms with Crippen LogP contribution in [-0.4, -0.2) is 18.2 Å². The number of carbonyl (C=O) groups excluding carboxylic acids is 2. The molecule has 0 amide bonds. The Bertz CT molecular complexity index is 637. The third kappa shape index (κ3) is 6.99. The van der Waals surface area contributed by atoms with Gasteiger partial charge in [0.15, 0.2) is 0 Å². The standard InChI is InChI=1S/C10H12O3.C7H6O3/c1-7(2)13-9-6-4-3-5-8(9)10(11)12;8-7(9)10-6-4-2-1-3-5-6/h3-7H,1-2H3,(H,11,12);1-5H,(H,8,9)/p-2. The van der Waals surface area contributed by atoms with E-state index in [4.69, 9.17) is 4.74 Å². The summed E-state index contributed by atoms with van der Waals surface area (Å²) in [4.78, 5) is 20.4. The summed E-state index contributed by atoms with van der Waals surface area (Å²) in [7, 11) is 0. The second-order valence-electron chi connectivity index (χ2n) is 4.62. The van der Waals surface area contributed by atoms with Crippen molar-refractivity contribution in [2.45, 2.75) is 20.0 Å². The van der Waals surface area contributed by atoms with E-state index in [1.54, 1.807) is 36.4 Å². The zero-order chi connectivity index (χ0) is 17.2. The summed E-state index contributed by atoms with van der Waals surface area (Å²) < 4.78 is 9.51. The Labute approximate surface area is 133 Å². The van der Waals surface area contributed by atoms with E-state index >= 15 is 0 Å². The number of benzene rings is 2. The van der Waals surface area contributed by atoms with E-state index in [-0.39, 0.29) is 17.4 Å². The van der Waals surface area contributed by atoms with Crippen LogP contribution in [0.2, 0.25) is 0 Å². The van der Waals surface area contributed by atoms with Crippen molar-refractivity contribution in [1.82, 2.24) is 0 Å². The number of carboxylic acid groups (broad SMARTS) is 2. The zero-order valence-corrected chi connectivity index (χ0v) is 12.7. The van der Waals surface area contributed by atoms with E-state index in [1.807, 2.05) is 13.8 Å². The first-order chi connectivity index (χ1) is 10.9.